The lowest BCUT2D eigenvalue weighted by molar-refractivity contribution is 0.219. The topological polar surface area (TPSA) is 20.2 Å². The first-order valence-electron chi connectivity index (χ1n) is 6.69. The summed E-state index contributed by atoms with van der Waals surface area (Å²) in [5.41, 5.74) is 2.71. The summed E-state index contributed by atoms with van der Waals surface area (Å²) in [6.45, 7) is 4.33. The molecule has 0 fully saturated rings. The highest BCUT2D eigenvalue weighted by Gasteiger charge is 2.14. The van der Waals surface area contributed by atoms with Crippen LogP contribution in [-0.4, -0.2) is 5.11 Å². The van der Waals surface area contributed by atoms with Gasteiger partial charge in [0, 0.05) is 4.47 Å². The number of hydrogen-bond donors (Lipinski definition) is 1. The summed E-state index contributed by atoms with van der Waals surface area (Å²) in [7, 11) is 0. The number of benzene rings is 2. The highest BCUT2D eigenvalue weighted by atomic mass is 79.9. The number of aliphatic hydroxyl groups is 1. The molecular formula is C17H18BrFO. The Morgan fingerprint density at radius 2 is 1.90 bits per heavy atom. The highest BCUT2D eigenvalue weighted by molar-refractivity contribution is 9.10. The minimum absolute atomic E-state index is 0.318. The van der Waals surface area contributed by atoms with Gasteiger partial charge in [0.05, 0.1) is 0 Å². The van der Waals surface area contributed by atoms with Crippen LogP contribution in [0.25, 0.3) is 0 Å². The zero-order valence-corrected chi connectivity index (χ0v) is 13.2. The van der Waals surface area contributed by atoms with Crippen molar-refractivity contribution in [2.24, 2.45) is 5.92 Å². The van der Waals surface area contributed by atoms with Gasteiger partial charge in [-0.2, -0.15) is 0 Å². The van der Waals surface area contributed by atoms with Crippen LogP contribution in [0.2, 0.25) is 0 Å². The molecule has 1 N–H and O–H groups in total. The van der Waals surface area contributed by atoms with Crippen molar-refractivity contribution in [3.05, 3.63) is 69.4 Å². The van der Waals surface area contributed by atoms with Crippen LogP contribution in [0.15, 0.2) is 46.9 Å². The number of aliphatic hydroxyl groups excluding tert-OH is 1. The summed E-state index contributed by atoms with van der Waals surface area (Å²) < 4.78 is 13.7. The summed E-state index contributed by atoms with van der Waals surface area (Å²) in [6, 6.07) is 12.3. The van der Waals surface area contributed by atoms with Crippen LogP contribution in [0.5, 0.6) is 0 Å². The van der Waals surface area contributed by atoms with Gasteiger partial charge in [-0.05, 0) is 41.2 Å². The molecule has 0 aromatic heterocycles. The number of hydrogen-bond acceptors (Lipinski definition) is 1. The van der Waals surface area contributed by atoms with E-state index in [9.17, 15) is 9.50 Å². The molecule has 0 saturated carbocycles. The van der Waals surface area contributed by atoms with Crippen molar-refractivity contribution in [1.82, 2.24) is 0 Å². The molecule has 1 nitrogen and oxygen atoms in total. The third kappa shape index (κ3) is 3.68. The zero-order chi connectivity index (χ0) is 14.7. The van der Waals surface area contributed by atoms with Gasteiger partial charge in [0.25, 0.3) is 0 Å². The summed E-state index contributed by atoms with van der Waals surface area (Å²) in [5, 5.41) is 10.5. The summed E-state index contributed by atoms with van der Waals surface area (Å²) in [6.07, 6.45) is 0.225. The van der Waals surface area contributed by atoms with Crippen LogP contribution in [0, 0.1) is 11.7 Å². The summed E-state index contributed by atoms with van der Waals surface area (Å²) in [4.78, 5) is 0. The number of halogens is 2. The molecule has 0 spiro atoms. The Balaban J connectivity index is 2.30. The maximum atomic E-state index is 13.1. The van der Waals surface area contributed by atoms with E-state index in [4.69, 9.17) is 0 Å². The van der Waals surface area contributed by atoms with Crippen LogP contribution >= 0.6 is 15.9 Å². The second-order valence-corrected chi connectivity index (χ2v) is 6.27. The van der Waals surface area contributed by atoms with E-state index in [1.807, 2.05) is 18.2 Å². The van der Waals surface area contributed by atoms with Gasteiger partial charge in [-0.15, -0.1) is 0 Å². The van der Waals surface area contributed by atoms with Crippen LogP contribution in [-0.2, 0) is 6.42 Å². The van der Waals surface area contributed by atoms with Crippen LogP contribution in [0.4, 0.5) is 4.39 Å². The molecule has 20 heavy (non-hydrogen) atoms. The molecule has 0 bridgehead atoms. The Bertz CT molecular complexity index is 595. The van der Waals surface area contributed by atoms with Crippen LogP contribution < -0.4 is 0 Å². The lowest BCUT2D eigenvalue weighted by Gasteiger charge is -2.15. The van der Waals surface area contributed by atoms with E-state index in [0.29, 0.717) is 16.0 Å². The van der Waals surface area contributed by atoms with E-state index >= 15 is 0 Å². The van der Waals surface area contributed by atoms with E-state index in [-0.39, 0.29) is 5.82 Å². The van der Waals surface area contributed by atoms with E-state index < -0.39 is 6.10 Å². The SMILES string of the molecule is CC(C)Cc1cccc(C(O)c2ccc(F)cc2Br)c1. The molecule has 2 rings (SSSR count). The third-order valence-electron chi connectivity index (χ3n) is 3.17. The second-order valence-electron chi connectivity index (χ2n) is 5.41. The first-order chi connectivity index (χ1) is 9.47. The van der Waals surface area contributed by atoms with Crippen molar-refractivity contribution in [2.75, 3.05) is 0 Å². The molecule has 2 aromatic rings. The molecule has 106 valence electrons. The summed E-state index contributed by atoms with van der Waals surface area (Å²) >= 11 is 3.30. The lowest BCUT2D eigenvalue weighted by atomic mass is 9.96. The van der Waals surface area contributed by atoms with Gasteiger partial charge < -0.3 is 5.11 Å². The van der Waals surface area contributed by atoms with Gasteiger partial charge in [-0.1, -0.05) is 60.1 Å². The maximum absolute atomic E-state index is 13.1. The average molecular weight is 337 g/mol. The fourth-order valence-corrected chi connectivity index (χ4v) is 2.83. The molecule has 0 saturated heterocycles. The van der Waals surface area contributed by atoms with E-state index in [2.05, 4.69) is 35.8 Å². The van der Waals surface area contributed by atoms with Crippen LogP contribution in [0.3, 0.4) is 0 Å². The molecule has 3 heteroatoms. The Kier molecular flexibility index (Phi) is 4.95. The van der Waals surface area contributed by atoms with Crippen molar-refractivity contribution in [3.8, 4) is 0 Å². The smallest absolute Gasteiger partial charge is 0.124 e. The van der Waals surface area contributed by atoms with Crippen molar-refractivity contribution >= 4 is 15.9 Å². The Labute approximate surface area is 127 Å². The largest absolute Gasteiger partial charge is 0.384 e. The molecule has 2 aromatic carbocycles. The Morgan fingerprint density at radius 1 is 1.15 bits per heavy atom. The molecule has 0 amide bonds. The molecule has 1 unspecified atom stereocenters. The monoisotopic (exact) mass is 336 g/mol. The standard InChI is InChI=1S/C17H18BrFO/c1-11(2)8-12-4-3-5-13(9-12)17(20)15-7-6-14(19)10-16(15)18/h3-7,9-11,17,20H,8H2,1-2H3. The molecule has 1 atom stereocenters. The van der Waals surface area contributed by atoms with Gasteiger partial charge in [0.15, 0.2) is 0 Å². The van der Waals surface area contributed by atoms with E-state index in [1.54, 1.807) is 6.07 Å². The average Bonchev–Trinajstić information content (AvgIpc) is 2.37. The Morgan fingerprint density at radius 3 is 2.55 bits per heavy atom. The minimum atomic E-state index is -0.753. The fourth-order valence-electron chi connectivity index (χ4n) is 2.26. The van der Waals surface area contributed by atoms with Gasteiger partial charge in [0.1, 0.15) is 11.9 Å². The van der Waals surface area contributed by atoms with Gasteiger partial charge in [0.2, 0.25) is 0 Å². The van der Waals surface area contributed by atoms with Crippen LogP contribution in [0.1, 0.15) is 36.6 Å². The lowest BCUT2D eigenvalue weighted by Crippen LogP contribution is -2.03. The Hall–Kier alpha value is -1.19. The predicted octanol–water partition coefficient (Wildman–Crippen LogP) is 4.87. The summed E-state index contributed by atoms with van der Waals surface area (Å²) in [5.74, 6) is 0.251. The molecule has 0 aliphatic carbocycles. The second kappa shape index (κ2) is 6.51. The van der Waals surface area contributed by atoms with Gasteiger partial charge in [-0.3, -0.25) is 0 Å². The molecule has 0 aliphatic heterocycles. The quantitative estimate of drug-likeness (QED) is 0.844. The molecule has 0 heterocycles. The predicted molar refractivity (Wildman–Crippen MR) is 83.1 cm³/mol. The molecular weight excluding hydrogens is 319 g/mol. The first-order valence-corrected chi connectivity index (χ1v) is 7.48. The van der Waals surface area contributed by atoms with Crippen molar-refractivity contribution in [1.29, 1.82) is 0 Å². The van der Waals surface area contributed by atoms with E-state index in [1.165, 1.54) is 17.7 Å². The normalized spacial score (nSPS) is 12.7. The van der Waals surface area contributed by atoms with Crippen molar-refractivity contribution in [3.63, 3.8) is 0 Å². The number of rotatable bonds is 4. The van der Waals surface area contributed by atoms with Crippen molar-refractivity contribution in [2.45, 2.75) is 26.4 Å². The third-order valence-corrected chi connectivity index (χ3v) is 3.85. The van der Waals surface area contributed by atoms with Gasteiger partial charge in [-0.25, -0.2) is 4.39 Å². The molecule has 0 aliphatic rings. The van der Waals surface area contributed by atoms with E-state index in [0.717, 1.165) is 12.0 Å². The highest BCUT2D eigenvalue weighted by Crippen LogP contribution is 2.29. The van der Waals surface area contributed by atoms with Gasteiger partial charge >= 0.3 is 0 Å². The first kappa shape index (κ1) is 15.2. The van der Waals surface area contributed by atoms with Crippen molar-refractivity contribution < 1.29 is 9.50 Å². The fraction of sp³-hybridized carbons (Fsp3) is 0.294. The maximum Gasteiger partial charge on any atom is 0.124 e. The zero-order valence-electron chi connectivity index (χ0n) is 11.6. The molecule has 0 radical (unpaired) electrons. The minimum Gasteiger partial charge on any atom is -0.384 e.